The van der Waals surface area contributed by atoms with Crippen molar-refractivity contribution >= 4 is 17.3 Å². The molecule has 0 spiro atoms. The minimum Gasteiger partial charge on any atom is -0.368 e. The number of likely N-dealkylation sites (N-methyl/N-ethyl adjacent to an activating group) is 1. The first-order valence-electron chi connectivity index (χ1n) is 5.33. The normalized spacial score (nSPS) is 12.6. The summed E-state index contributed by atoms with van der Waals surface area (Å²) in [7, 11) is 0. The fourth-order valence-electron chi connectivity index (χ4n) is 1.75. The second-order valence-corrected chi connectivity index (χ2v) is 4.16. The van der Waals surface area contributed by atoms with Crippen LogP contribution in [0.1, 0.15) is 19.4 Å². The van der Waals surface area contributed by atoms with Gasteiger partial charge in [-0.05, 0) is 38.5 Å². The van der Waals surface area contributed by atoms with Crippen LogP contribution in [-0.4, -0.2) is 19.1 Å². The van der Waals surface area contributed by atoms with Gasteiger partial charge in [-0.25, -0.2) is 0 Å². The number of anilines is 1. The highest BCUT2D eigenvalue weighted by Crippen LogP contribution is 2.27. The number of hydrogen-bond donors (Lipinski definition) is 1. The third-order valence-electron chi connectivity index (χ3n) is 2.76. The van der Waals surface area contributed by atoms with Crippen molar-refractivity contribution in [3.8, 4) is 0 Å². The average Bonchev–Trinajstić information content (AvgIpc) is 2.24. The first-order chi connectivity index (χ1) is 7.11. The standard InChI is InChI=1S/C12H19ClN2/c1-4-15(9(2)8-14)12-7-5-6-11(13)10(12)3/h5-7,9H,4,8,14H2,1-3H3. The molecular formula is C12H19ClN2. The van der Waals surface area contributed by atoms with Crippen LogP contribution in [0.25, 0.3) is 0 Å². The topological polar surface area (TPSA) is 29.3 Å². The summed E-state index contributed by atoms with van der Waals surface area (Å²) in [5.41, 5.74) is 8.01. The van der Waals surface area contributed by atoms with Gasteiger partial charge < -0.3 is 10.6 Å². The zero-order valence-electron chi connectivity index (χ0n) is 9.63. The summed E-state index contributed by atoms with van der Waals surface area (Å²) in [6, 6.07) is 6.33. The molecular weight excluding hydrogens is 208 g/mol. The van der Waals surface area contributed by atoms with Crippen LogP contribution in [0, 0.1) is 6.92 Å². The van der Waals surface area contributed by atoms with Crippen LogP contribution in [-0.2, 0) is 0 Å². The predicted molar refractivity (Wildman–Crippen MR) is 67.7 cm³/mol. The second kappa shape index (κ2) is 5.38. The molecule has 1 unspecified atom stereocenters. The first-order valence-corrected chi connectivity index (χ1v) is 5.71. The molecule has 0 saturated carbocycles. The highest BCUT2D eigenvalue weighted by atomic mass is 35.5. The number of hydrogen-bond acceptors (Lipinski definition) is 2. The molecule has 15 heavy (non-hydrogen) atoms. The summed E-state index contributed by atoms with van der Waals surface area (Å²) in [4.78, 5) is 2.28. The van der Waals surface area contributed by atoms with E-state index in [2.05, 4.69) is 24.8 Å². The van der Waals surface area contributed by atoms with Crippen molar-refractivity contribution in [2.45, 2.75) is 26.8 Å². The SMILES string of the molecule is CCN(c1cccc(Cl)c1C)C(C)CN. The Kier molecular flexibility index (Phi) is 4.43. The summed E-state index contributed by atoms with van der Waals surface area (Å²) in [6.07, 6.45) is 0. The highest BCUT2D eigenvalue weighted by Gasteiger charge is 2.14. The van der Waals surface area contributed by atoms with E-state index in [1.165, 1.54) is 5.69 Å². The molecule has 0 amide bonds. The predicted octanol–water partition coefficient (Wildman–Crippen LogP) is 2.82. The monoisotopic (exact) mass is 226 g/mol. The van der Waals surface area contributed by atoms with Crippen molar-refractivity contribution in [3.05, 3.63) is 28.8 Å². The summed E-state index contributed by atoms with van der Waals surface area (Å²) in [5.74, 6) is 0. The second-order valence-electron chi connectivity index (χ2n) is 3.75. The summed E-state index contributed by atoms with van der Waals surface area (Å²) in [6.45, 7) is 7.90. The van der Waals surface area contributed by atoms with Gasteiger partial charge in [0.05, 0.1) is 0 Å². The fourth-order valence-corrected chi connectivity index (χ4v) is 1.92. The number of nitrogens with two attached hydrogens (primary N) is 1. The van der Waals surface area contributed by atoms with E-state index in [1.54, 1.807) is 0 Å². The lowest BCUT2D eigenvalue weighted by Gasteiger charge is -2.30. The fraction of sp³-hybridized carbons (Fsp3) is 0.500. The molecule has 84 valence electrons. The van der Waals surface area contributed by atoms with E-state index in [-0.39, 0.29) is 0 Å². The van der Waals surface area contributed by atoms with Gasteiger partial charge in [-0.1, -0.05) is 17.7 Å². The lowest BCUT2D eigenvalue weighted by molar-refractivity contribution is 0.656. The van der Waals surface area contributed by atoms with Gasteiger partial charge in [0.15, 0.2) is 0 Å². The van der Waals surface area contributed by atoms with Gasteiger partial charge in [-0.15, -0.1) is 0 Å². The van der Waals surface area contributed by atoms with E-state index in [0.29, 0.717) is 12.6 Å². The molecule has 0 aromatic heterocycles. The Labute approximate surface area is 97.0 Å². The van der Waals surface area contributed by atoms with Gasteiger partial charge in [0, 0.05) is 29.8 Å². The molecule has 1 aromatic carbocycles. The summed E-state index contributed by atoms with van der Waals surface area (Å²) >= 11 is 6.10. The highest BCUT2D eigenvalue weighted by molar-refractivity contribution is 6.31. The summed E-state index contributed by atoms with van der Waals surface area (Å²) in [5, 5.41) is 0.815. The van der Waals surface area contributed by atoms with E-state index >= 15 is 0 Å². The Balaban J connectivity index is 3.07. The zero-order chi connectivity index (χ0) is 11.4. The molecule has 0 saturated heterocycles. The molecule has 1 rings (SSSR count). The molecule has 0 aliphatic rings. The van der Waals surface area contributed by atoms with Crippen LogP contribution in [0.15, 0.2) is 18.2 Å². The van der Waals surface area contributed by atoms with E-state index in [0.717, 1.165) is 17.1 Å². The van der Waals surface area contributed by atoms with Crippen molar-refractivity contribution in [3.63, 3.8) is 0 Å². The Morgan fingerprint density at radius 2 is 2.13 bits per heavy atom. The molecule has 1 atom stereocenters. The van der Waals surface area contributed by atoms with Crippen molar-refractivity contribution < 1.29 is 0 Å². The molecule has 0 radical (unpaired) electrons. The molecule has 0 aliphatic carbocycles. The van der Waals surface area contributed by atoms with Crippen LogP contribution in [0.4, 0.5) is 5.69 Å². The van der Waals surface area contributed by atoms with Crippen LogP contribution < -0.4 is 10.6 Å². The smallest absolute Gasteiger partial charge is 0.0455 e. The zero-order valence-corrected chi connectivity index (χ0v) is 10.4. The van der Waals surface area contributed by atoms with Crippen molar-refractivity contribution in [2.24, 2.45) is 5.73 Å². The largest absolute Gasteiger partial charge is 0.368 e. The third kappa shape index (κ3) is 2.64. The van der Waals surface area contributed by atoms with Crippen LogP contribution in [0.2, 0.25) is 5.02 Å². The lowest BCUT2D eigenvalue weighted by Crippen LogP contribution is -2.38. The van der Waals surface area contributed by atoms with Crippen LogP contribution in [0.3, 0.4) is 0 Å². The maximum absolute atomic E-state index is 6.10. The van der Waals surface area contributed by atoms with Crippen LogP contribution >= 0.6 is 11.6 Å². The number of halogens is 1. The van der Waals surface area contributed by atoms with Gasteiger partial charge in [-0.3, -0.25) is 0 Å². The number of benzene rings is 1. The van der Waals surface area contributed by atoms with Gasteiger partial charge in [0.25, 0.3) is 0 Å². The minimum atomic E-state index is 0.340. The molecule has 0 heterocycles. The number of rotatable bonds is 4. The van der Waals surface area contributed by atoms with Gasteiger partial charge in [0.2, 0.25) is 0 Å². The van der Waals surface area contributed by atoms with Gasteiger partial charge in [0.1, 0.15) is 0 Å². The first kappa shape index (κ1) is 12.3. The van der Waals surface area contributed by atoms with Gasteiger partial charge in [-0.2, -0.15) is 0 Å². The maximum atomic E-state index is 6.10. The molecule has 2 nitrogen and oxygen atoms in total. The van der Waals surface area contributed by atoms with Crippen LogP contribution in [0.5, 0.6) is 0 Å². The molecule has 3 heteroatoms. The minimum absolute atomic E-state index is 0.340. The molecule has 1 aromatic rings. The van der Waals surface area contributed by atoms with Crippen molar-refractivity contribution in [1.29, 1.82) is 0 Å². The summed E-state index contributed by atoms with van der Waals surface area (Å²) < 4.78 is 0. The van der Waals surface area contributed by atoms with Crippen molar-refractivity contribution in [1.82, 2.24) is 0 Å². The number of nitrogens with zero attached hydrogens (tertiary/aromatic N) is 1. The molecule has 0 fully saturated rings. The quantitative estimate of drug-likeness (QED) is 0.856. The van der Waals surface area contributed by atoms with Gasteiger partial charge >= 0.3 is 0 Å². The molecule has 0 aliphatic heterocycles. The Morgan fingerprint density at radius 3 is 2.67 bits per heavy atom. The lowest BCUT2D eigenvalue weighted by atomic mass is 10.1. The van der Waals surface area contributed by atoms with Crippen molar-refractivity contribution in [2.75, 3.05) is 18.0 Å². The Hall–Kier alpha value is -0.730. The van der Waals surface area contributed by atoms with E-state index in [4.69, 9.17) is 17.3 Å². The molecule has 2 N–H and O–H groups in total. The third-order valence-corrected chi connectivity index (χ3v) is 3.17. The maximum Gasteiger partial charge on any atom is 0.0455 e. The van der Waals surface area contributed by atoms with E-state index < -0.39 is 0 Å². The van der Waals surface area contributed by atoms with E-state index in [9.17, 15) is 0 Å². The van der Waals surface area contributed by atoms with E-state index in [1.807, 2.05) is 19.1 Å². The average molecular weight is 227 g/mol. The Bertz CT molecular complexity index is 325. The Morgan fingerprint density at radius 1 is 1.47 bits per heavy atom. The molecule has 0 bridgehead atoms.